The fourth-order valence-corrected chi connectivity index (χ4v) is 0.576. The highest BCUT2D eigenvalue weighted by Crippen LogP contribution is 2.02. The van der Waals surface area contributed by atoms with Gasteiger partial charge in [0.15, 0.2) is 0 Å². The van der Waals surface area contributed by atoms with E-state index in [0.717, 1.165) is 0 Å². The molecule has 0 saturated carbocycles. The lowest BCUT2D eigenvalue weighted by molar-refractivity contribution is -0.132. The predicted molar refractivity (Wildman–Crippen MR) is 33.2 cm³/mol. The van der Waals surface area contributed by atoms with Crippen LogP contribution in [0.1, 0.15) is 16.2 Å². The van der Waals surface area contributed by atoms with Crippen LogP contribution >= 0.6 is 0 Å². The van der Waals surface area contributed by atoms with E-state index in [-0.39, 0.29) is 5.76 Å². The number of carboxylic acids is 1. The second-order valence-corrected chi connectivity index (χ2v) is 1.97. The Morgan fingerprint density at radius 3 is 2.64 bits per heavy atom. The quantitative estimate of drug-likeness (QED) is 0.489. The van der Waals surface area contributed by atoms with Crippen LogP contribution in [0.25, 0.3) is 0 Å². The Morgan fingerprint density at radius 1 is 1.64 bits per heavy atom. The zero-order valence-electron chi connectivity index (χ0n) is 5.70. The zero-order chi connectivity index (χ0) is 8.43. The van der Waals surface area contributed by atoms with E-state index in [0.29, 0.717) is 5.69 Å². The Hall–Kier alpha value is -1.65. The summed E-state index contributed by atoms with van der Waals surface area (Å²) in [6.07, 6.45) is 0. The predicted octanol–water partition coefficient (Wildman–Crippen LogP) is 0.250. The van der Waals surface area contributed by atoms with Gasteiger partial charge in [0, 0.05) is 6.07 Å². The van der Waals surface area contributed by atoms with Crippen molar-refractivity contribution in [1.29, 1.82) is 0 Å². The van der Waals surface area contributed by atoms with E-state index in [1.54, 1.807) is 6.92 Å². The van der Waals surface area contributed by atoms with Gasteiger partial charge in [-0.25, -0.2) is 4.79 Å². The molecule has 0 atom stereocenters. The molecular formula is C6H5NO4. The Kier molecular flexibility index (Phi) is 1.72. The Labute approximate surface area is 61.6 Å². The normalized spacial score (nSPS) is 9.55. The number of aliphatic carboxylic acids is 1. The third kappa shape index (κ3) is 1.43. The molecule has 0 aliphatic heterocycles. The highest BCUT2D eigenvalue weighted by atomic mass is 16.5. The van der Waals surface area contributed by atoms with E-state index in [1.165, 1.54) is 6.07 Å². The molecule has 0 saturated heterocycles. The molecule has 0 unspecified atom stereocenters. The van der Waals surface area contributed by atoms with Crippen LogP contribution in [0.4, 0.5) is 0 Å². The van der Waals surface area contributed by atoms with Crippen molar-refractivity contribution in [2.75, 3.05) is 0 Å². The number of nitrogens with zero attached hydrogens (tertiary/aromatic N) is 1. The first-order valence-electron chi connectivity index (χ1n) is 2.82. The number of aryl methyl sites for hydroxylation is 1. The molecule has 0 fully saturated rings. The van der Waals surface area contributed by atoms with Gasteiger partial charge in [-0.2, -0.15) is 0 Å². The second kappa shape index (κ2) is 2.53. The number of hydrogen-bond donors (Lipinski definition) is 1. The summed E-state index contributed by atoms with van der Waals surface area (Å²) >= 11 is 0. The Balaban J connectivity index is 2.94. The molecule has 1 heterocycles. The van der Waals surface area contributed by atoms with Gasteiger partial charge < -0.3 is 9.63 Å². The molecule has 1 rings (SSSR count). The largest absolute Gasteiger partial charge is 0.475 e. The van der Waals surface area contributed by atoms with Crippen molar-refractivity contribution >= 4 is 11.8 Å². The number of rotatable bonds is 2. The lowest BCUT2D eigenvalue weighted by atomic mass is 10.3. The number of ketones is 1. The number of aromatic nitrogens is 1. The maximum Gasteiger partial charge on any atom is 0.380 e. The first-order valence-corrected chi connectivity index (χ1v) is 2.82. The van der Waals surface area contributed by atoms with Crippen LogP contribution in [0, 0.1) is 6.92 Å². The molecule has 1 N–H and O–H groups in total. The molecule has 0 amide bonds. The van der Waals surface area contributed by atoms with Gasteiger partial charge in [-0.1, -0.05) is 5.16 Å². The Morgan fingerprint density at radius 2 is 2.27 bits per heavy atom. The van der Waals surface area contributed by atoms with Crippen molar-refractivity contribution < 1.29 is 19.2 Å². The minimum atomic E-state index is -1.54. The first-order chi connectivity index (χ1) is 5.11. The van der Waals surface area contributed by atoms with E-state index in [2.05, 4.69) is 9.68 Å². The fraction of sp³-hybridized carbons (Fsp3) is 0.167. The summed E-state index contributed by atoms with van der Waals surface area (Å²) in [5, 5.41) is 11.6. The van der Waals surface area contributed by atoms with Crippen LogP contribution in [-0.4, -0.2) is 22.0 Å². The number of Topliss-reactive ketones (excluding diaryl/α,β-unsaturated/α-hetero) is 1. The average Bonchev–Trinajstić information content (AvgIpc) is 2.34. The van der Waals surface area contributed by atoms with Crippen molar-refractivity contribution in [2.24, 2.45) is 0 Å². The minimum absolute atomic E-state index is 0.241. The van der Waals surface area contributed by atoms with E-state index in [9.17, 15) is 9.59 Å². The lowest BCUT2D eigenvalue weighted by Crippen LogP contribution is -2.11. The molecule has 58 valence electrons. The molecule has 5 heteroatoms. The van der Waals surface area contributed by atoms with Gasteiger partial charge in [-0.3, -0.25) is 4.79 Å². The summed E-state index contributed by atoms with van der Waals surface area (Å²) in [5.41, 5.74) is 0.481. The van der Waals surface area contributed by atoms with E-state index in [1.807, 2.05) is 0 Å². The van der Waals surface area contributed by atoms with Gasteiger partial charge in [0.05, 0.1) is 5.69 Å². The lowest BCUT2D eigenvalue weighted by Gasteiger charge is -1.83. The van der Waals surface area contributed by atoms with Crippen molar-refractivity contribution in [3.63, 3.8) is 0 Å². The van der Waals surface area contributed by atoms with Gasteiger partial charge in [0.25, 0.3) is 0 Å². The zero-order valence-corrected chi connectivity index (χ0v) is 5.70. The maximum absolute atomic E-state index is 10.6. The summed E-state index contributed by atoms with van der Waals surface area (Å²) < 4.78 is 4.41. The van der Waals surface area contributed by atoms with Crippen molar-refractivity contribution in [2.45, 2.75) is 6.92 Å². The molecule has 0 aliphatic carbocycles. The monoisotopic (exact) mass is 155 g/mol. The molecule has 0 aliphatic rings. The summed E-state index contributed by atoms with van der Waals surface area (Å²) in [6.45, 7) is 1.60. The van der Waals surface area contributed by atoms with Gasteiger partial charge >= 0.3 is 11.8 Å². The third-order valence-electron chi connectivity index (χ3n) is 1.05. The molecule has 11 heavy (non-hydrogen) atoms. The SMILES string of the molecule is Cc1cc(C(=O)C(=O)O)on1. The minimum Gasteiger partial charge on any atom is -0.475 e. The summed E-state index contributed by atoms with van der Waals surface area (Å²) in [6, 6.07) is 1.27. The topological polar surface area (TPSA) is 80.4 Å². The highest BCUT2D eigenvalue weighted by Gasteiger charge is 2.18. The number of carboxylic acid groups (broad SMARTS) is 1. The standard InChI is InChI=1S/C6H5NO4/c1-3-2-4(11-7-3)5(8)6(9)10/h2H,1H3,(H,9,10). The van der Waals surface area contributed by atoms with Gasteiger partial charge in [0.1, 0.15) is 0 Å². The van der Waals surface area contributed by atoms with Crippen LogP contribution in [0.2, 0.25) is 0 Å². The molecule has 5 nitrogen and oxygen atoms in total. The van der Waals surface area contributed by atoms with Gasteiger partial charge in [-0.15, -0.1) is 0 Å². The molecule has 0 spiro atoms. The molecule has 0 bridgehead atoms. The van der Waals surface area contributed by atoms with Crippen LogP contribution in [0.15, 0.2) is 10.6 Å². The van der Waals surface area contributed by atoms with Crippen LogP contribution in [0.3, 0.4) is 0 Å². The molecule has 0 radical (unpaired) electrons. The average molecular weight is 155 g/mol. The third-order valence-corrected chi connectivity index (χ3v) is 1.05. The molecule has 0 aromatic carbocycles. The van der Waals surface area contributed by atoms with Crippen LogP contribution in [0.5, 0.6) is 0 Å². The molecular weight excluding hydrogens is 150 g/mol. The summed E-state index contributed by atoms with van der Waals surface area (Å²) in [7, 11) is 0. The van der Waals surface area contributed by atoms with Crippen LogP contribution in [-0.2, 0) is 4.79 Å². The summed E-state index contributed by atoms with van der Waals surface area (Å²) in [5.74, 6) is -2.86. The van der Waals surface area contributed by atoms with Crippen molar-refractivity contribution in [3.05, 3.63) is 17.5 Å². The molecule has 1 aromatic heterocycles. The van der Waals surface area contributed by atoms with E-state index >= 15 is 0 Å². The number of carbonyl (C=O) groups is 2. The van der Waals surface area contributed by atoms with Gasteiger partial charge in [0.2, 0.25) is 5.76 Å². The number of hydrogen-bond acceptors (Lipinski definition) is 4. The van der Waals surface area contributed by atoms with E-state index in [4.69, 9.17) is 5.11 Å². The smallest absolute Gasteiger partial charge is 0.380 e. The maximum atomic E-state index is 10.6. The Bertz CT molecular complexity index is 301. The van der Waals surface area contributed by atoms with Crippen LogP contribution < -0.4 is 0 Å². The first kappa shape index (κ1) is 7.46. The second-order valence-electron chi connectivity index (χ2n) is 1.97. The number of carbonyl (C=O) groups excluding carboxylic acids is 1. The molecule has 1 aromatic rings. The van der Waals surface area contributed by atoms with Gasteiger partial charge in [-0.05, 0) is 6.92 Å². The summed E-state index contributed by atoms with van der Waals surface area (Å²) in [4.78, 5) is 20.7. The van der Waals surface area contributed by atoms with Crippen molar-refractivity contribution in [3.8, 4) is 0 Å². The van der Waals surface area contributed by atoms with Crippen molar-refractivity contribution in [1.82, 2.24) is 5.16 Å². The fourth-order valence-electron chi connectivity index (χ4n) is 0.576. The highest BCUT2D eigenvalue weighted by molar-refractivity contribution is 6.38. The van der Waals surface area contributed by atoms with E-state index < -0.39 is 11.8 Å².